The molecular formula is C13H24. The molecule has 0 heterocycles. The first kappa shape index (κ1) is 10.8. The van der Waals surface area contributed by atoms with Crippen LogP contribution in [0.3, 0.4) is 0 Å². The molecule has 1 aliphatic rings. The largest absolute Gasteiger partial charge is 0.0731 e. The zero-order chi connectivity index (χ0) is 10.2. The summed E-state index contributed by atoms with van der Waals surface area (Å²) in [5.41, 5.74) is 3.74. The fourth-order valence-electron chi connectivity index (χ4n) is 3.24. The molecule has 0 bridgehead atoms. The predicted molar refractivity (Wildman–Crippen MR) is 59.7 cm³/mol. The van der Waals surface area contributed by atoms with Gasteiger partial charge in [-0.3, -0.25) is 0 Å². The number of hydrogen-bond acceptors (Lipinski definition) is 0. The minimum atomic E-state index is 0.379. The van der Waals surface area contributed by atoms with E-state index in [9.17, 15) is 0 Å². The summed E-state index contributed by atoms with van der Waals surface area (Å²) in [6.45, 7) is 14.1. The summed E-state index contributed by atoms with van der Waals surface area (Å²) >= 11 is 0. The second-order valence-electron chi connectivity index (χ2n) is 5.89. The van der Waals surface area contributed by atoms with Crippen LogP contribution in [0.25, 0.3) is 0 Å². The van der Waals surface area contributed by atoms with E-state index in [0.717, 1.165) is 11.8 Å². The van der Waals surface area contributed by atoms with Crippen molar-refractivity contribution in [2.45, 2.75) is 54.4 Å². The lowest BCUT2D eigenvalue weighted by Gasteiger charge is -2.36. The standard InChI is InChI=1S/C13H24/c1-9-7-10(2)12(11(3)8-9)13(4,5)6/h9-10H,7-8H2,1-6H3. The molecule has 1 aliphatic carbocycles. The van der Waals surface area contributed by atoms with E-state index in [2.05, 4.69) is 41.5 Å². The Morgan fingerprint density at radius 1 is 1.15 bits per heavy atom. The van der Waals surface area contributed by atoms with Gasteiger partial charge in [0.2, 0.25) is 0 Å². The molecule has 0 aromatic carbocycles. The highest BCUT2D eigenvalue weighted by molar-refractivity contribution is 5.23. The average Bonchev–Trinajstić information content (AvgIpc) is 1.78. The van der Waals surface area contributed by atoms with Crippen LogP contribution in [0, 0.1) is 17.3 Å². The molecule has 0 nitrogen and oxygen atoms in total. The van der Waals surface area contributed by atoms with E-state index in [1.54, 1.807) is 11.1 Å². The summed E-state index contributed by atoms with van der Waals surface area (Å²) in [4.78, 5) is 0. The lowest BCUT2D eigenvalue weighted by atomic mass is 9.69. The number of allylic oxidation sites excluding steroid dienone is 2. The van der Waals surface area contributed by atoms with Crippen LogP contribution in [0.4, 0.5) is 0 Å². The van der Waals surface area contributed by atoms with Gasteiger partial charge < -0.3 is 0 Å². The molecule has 76 valence electrons. The van der Waals surface area contributed by atoms with E-state index in [-0.39, 0.29) is 0 Å². The molecule has 0 fully saturated rings. The van der Waals surface area contributed by atoms with Gasteiger partial charge in [-0.1, -0.05) is 45.8 Å². The predicted octanol–water partition coefficient (Wildman–Crippen LogP) is 4.42. The van der Waals surface area contributed by atoms with Crippen molar-refractivity contribution < 1.29 is 0 Å². The van der Waals surface area contributed by atoms with Crippen LogP contribution in [0.2, 0.25) is 0 Å². The number of hydrogen-bond donors (Lipinski definition) is 0. The lowest BCUT2D eigenvalue weighted by molar-refractivity contribution is 0.341. The maximum absolute atomic E-state index is 2.39. The van der Waals surface area contributed by atoms with E-state index >= 15 is 0 Å². The molecule has 0 aromatic heterocycles. The van der Waals surface area contributed by atoms with Crippen molar-refractivity contribution >= 4 is 0 Å². The molecule has 2 unspecified atom stereocenters. The van der Waals surface area contributed by atoms with Gasteiger partial charge in [0.25, 0.3) is 0 Å². The molecule has 0 aromatic rings. The van der Waals surface area contributed by atoms with Gasteiger partial charge in [-0.2, -0.15) is 0 Å². The van der Waals surface area contributed by atoms with Crippen LogP contribution in [0.5, 0.6) is 0 Å². The van der Waals surface area contributed by atoms with Crippen molar-refractivity contribution in [3.05, 3.63) is 11.1 Å². The maximum Gasteiger partial charge on any atom is -0.0168 e. The second-order valence-corrected chi connectivity index (χ2v) is 5.89. The van der Waals surface area contributed by atoms with Crippen LogP contribution >= 0.6 is 0 Å². The quantitative estimate of drug-likeness (QED) is 0.484. The Labute approximate surface area is 83.4 Å². The Kier molecular flexibility index (Phi) is 2.89. The first-order chi connectivity index (χ1) is 5.82. The molecule has 0 saturated carbocycles. The van der Waals surface area contributed by atoms with Crippen molar-refractivity contribution in [1.82, 2.24) is 0 Å². The molecule has 13 heavy (non-hydrogen) atoms. The van der Waals surface area contributed by atoms with Crippen molar-refractivity contribution in [3.63, 3.8) is 0 Å². The molecule has 0 N–H and O–H groups in total. The van der Waals surface area contributed by atoms with E-state index in [1.807, 2.05) is 0 Å². The first-order valence-electron chi connectivity index (χ1n) is 5.52. The number of rotatable bonds is 0. The van der Waals surface area contributed by atoms with Gasteiger partial charge in [0.15, 0.2) is 0 Å². The van der Waals surface area contributed by atoms with Crippen molar-refractivity contribution in [2.24, 2.45) is 17.3 Å². The Morgan fingerprint density at radius 2 is 1.69 bits per heavy atom. The second kappa shape index (κ2) is 3.48. The SMILES string of the molecule is CC1=C(C(C)(C)C)C(C)CC(C)C1. The minimum Gasteiger partial charge on any atom is -0.0731 e. The highest BCUT2D eigenvalue weighted by atomic mass is 14.3. The van der Waals surface area contributed by atoms with Crippen LogP contribution in [0.1, 0.15) is 54.4 Å². The van der Waals surface area contributed by atoms with E-state index in [4.69, 9.17) is 0 Å². The topological polar surface area (TPSA) is 0 Å². The molecule has 0 aliphatic heterocycles. The highest BCUT2D eigenvalue weighted by Crippen LogP contribution is 2.42. The van der Waals surface area contributed by atoms with Crippen LogP contribution < -0.4 is 0 Å². The van der Waals surface area contributed by atoms with Crippen LogP contribution in [-0.4, -0.2) is 0 Å². The summed E-state index contributed by atoms with van der Waals surface area (Å²) in [7, 11) is 0. The Hall–Kier alpha value is -0.260. The zero-order valence-electron chi connectivity index (χ0n) is 10.1. The van der Waals surface area contributed by atoms with Gasteiger partial charge in [0, 0.05) is 0 Å². The minimum absolute atomic E-state index is 0.379. The van der Waals surface area contributed by atoms with Crippen LogP contribution in [-0.2, 0) is 0 Å². The molecule has 0 heteroatoms. The van der Waals surface area contributed by atoms with E-state index in [0.29, 0.717) is 5.41 Å². The molecule has 1 rings (SSSR count). The van der Waals surface area contributed by atoms with Gasteiger partial charge >= 0.3 is 0 Å². The third-order valence-electron chi connectivity index (χ3n) is 3.17. The van der Waals surface area contributed by atoms with E-state index in [1.165, 1.54) is 12.8 Å². The molecule has 0 spiro atoms. The van der Waals surface area contributed by atoms with Gasteiger partial charge in [0.05, 0.1) is 0 Å². The summed E-state index contributed by atoms with van der Waals surface area (Å²) in [5.74, 6) is 1.69. The molecule has 0 saturated heterocycles. The fraction of sp³-hybridized carbons (Fsp3) is 0.846. The van der Waals surface area contributed by atoms with E-state index < -0.39 is 0 Å². The molecular weight excluding hydrogens is 156 g/mol. The normalized spacial score (nSPS) is 30.9. The Morgan fingerprint density at radius 3 is 2.08 bits per heavy atom. The molecule has 0 amide bonds. The third kappa shape index (κ3) is 2.36. The van der Waals surface area contributed by atoms with Gasteiger partial charge in [-0.05, 0) is 37.0 Å². The van der Waals surface area contributed by atoms with Crippen molar-refractivity contribution in [1.29, 1.82) is 0 Å². The van der Waals surface area contributed by atoms with Crippen molar-refractivity contribution in [2.75, 3.05) is 0 Å². The smallest absolute Gasteiger partial charge is 0.0168 e. The van der Waals surface area contributed by atoms with Crippen molar-refractivity contribution in [3.8, 4) is 0 Å². The highest BCUT2D eigenvalue weighted by Gasteiger charge is 2.29. The monoisotopic (exact) mass is 180 g/mol. The third-order valence-corrected chi connectivity index (χ3v) is 3.17. The lowest BCUT2D eigenvalue weighted by Crippen LogP contribution is -2.23. The van der Waals surface area contributed by atoms with Gasteiger partial charge in [0.1, 0.15) is 0 Å². The molecule has 2 atom stereocenters. The van der Waals surface area contributed by atoms with Crippen LogP contribution in [0.15, 0.2) is 11.1 Å². The Bertz CT molecular complexity index is 215. The average molecular weight is 180 g/mol. The summed E-state index contributed by atoms with van der Waals surface area (Å²) in [6, 6.07) is 0. The summed E-state index contributed by atoms with van der Waals surface area (Å²) in [6.07, 6.45) is 2.70. The molecule has 0 radical (unpaired) electrons. The zero-order valence-corrected chi connectivity index (χ0v) is 10.1. The summed E-state index contributed by atoms with van der Waals surface area (Å²) < 4.78 is 0. The fourth-order valence-corrected chi connectivity index (χ4v) is 3.24. The van der Waals surface area contributed by atoms with Gasteiger partial charge in [-0.15, -0.1) is 0 Å². The first-order valence-corrected chi connectivity index (χ1v) is 5.52. The summed E-state index contributed by atoms with van der Waals surface area (Å²) in [5, 5.41) is 0. The van der Waals surface area contributed by atoms with Gasteiger partial charge in [-0.25, -0.2) is 0 Å². The maximum atomic E-state index is 2.39. The Balaban J connectivity index is 2.98.